The van der Waals surface area contributed by atoms with Crippen LogP contribution in [0.3, 0.4) is 0 Å². The number of nitrogens with zero attached hydrogens (tertiary/aromatic N) is 2. The third kappa shape index (κ3) is 2.79. The molecule has 0 aliphatic heterocycles. The first-order valence-electron chi connectivity index (χ1n) is 5.55. The third-order valence-electron chi connectivity index (χ3n) is 2.56. The zero-order valence-corrected chi connectivity index (χ0v) is 10.1. The molecule has 16 heavy (non-hydrogen) atoms. The Balaban J connectivity index is 2.87. The summed E-state index contributed by atoms with van der Waals surface area (Å²) in [5, 5.41) is 0. The number of amides is 1. The Kier molecular flexibility index (Phi) is 4.43. The molecule has 0 aliphatic rings. The van der Waals surface area contributed by atoms with Crippen LogP contribution in [0.5, 0.6) is 0 Å². The number of rotatable bonds is 4. The van der Waals surface area contributed by atoms with Crippen LogP contribution >= 0.6 is 0 Å². The van der Waals surface area contributed by atoms with Crippen LogP contribution in [0, 0.1) is 5.92 Å². The predicted octanol–water partition coefficient (Wildman–Crippen LogP) is 1.42. The van der Waals surface area contributed by atoms with Crippen molar-refractivity contribution in [3.63, 3.8) is 0 Å². The van der Waals surface area contributed by atoms with Gasteiger partial charge in [-0.3, -0.25) is 9.78 Å². The summed E-state index contributed by atoms with van der Waals surface area (Å²) in [6.45, 7) is 6.44. The van der Waals surface area contributed by atoms with E-state index in [1.165, 1.54) is 0 Å². The van der Waals surface area contributed by atoms with Crippen molar-refractivity contribution in [1.29, 1.82) is 0 Å². The number of carbonyl (C=O) groups is 1. The number of hydrogen-bond acceptors (Lipinski definition) is 3. The number of hydrogen-bond donors (Lipinski definition) is 1. The molecule has 2 N–H and O–H groups in total. The monoisotopic (exact) mass is 221 g/mol. The van der Waals surface area contributed by atoms with Gasteiger partial charge >= 0.3 is 0 Å². The molecule has 0 saturated carbocycles. The SMILES string of the molecule is CCN(C(=O)[C@H](N)C(C)C)c1ccncc1. The Morgan fingerprint density at radius 1 is 1.44 bits per heavy atom. The van der Waals surface area contributed by atoms with Gasteiger partial charge in [-0.05, 0) is 25.0 Å². The molecule has 1 aromatic heterocycles. The Bertz CT molecular complexity index is 337. The molecule has 0 bridgehead atoms. The fourth-order valence-electron chi connectivity index (χ4n) is 1.45. The largest absolute Gasteiger partial charge is 0.320 e. The van der Waals surface area contributed by atoms with Gasteiger partial charge in [0.1, 0.15) is 0 Å². The first-order chi connectivity index (χ1) is 7.57. The van der Waals surface area contributed by atoms with Gasteiger partial charge in [0.05, 0.1) is 6.04 Å². The normalized spacial score (nSPS) is 12.6. The second-order valence-electron chi connectivity index (χ2n) is 4.06. The van der Waals surface area contributed by atoms with Crippen LogP contribution in [0.2, 0.25) is 0 Å². The summed E-state index contributed by atoms with van der Waals surface area (Å²) in [6, 6.07) is 3.18. The summed E-state index contributed by atoms with van der Waals surface area (Å²) in [7, 11) is 0. The summed E-state index contributed by atoms with van der Waals surface area (Å²) in [4.78, 5) is 17.7. The molecule has 1 amide bonds. The number of anilines is 1. The molecule has 4 heteroatoms. The summed E-state index contributed by atoms with van der Waals surface area (Å²) >= 11 is 0. The Morgan fingerprint density at radius 3 is 2.44 bits per heavy atom. The molecule has 4 nitrogen and oxygen atoms in total. The van der Waals surface area contributed by atoms with Crippen LogP contribution in [0.25, 0.3) is 0 Å². The van der Waals surface area contributed by atoms with E-state index in [0.29, 0.717) is 6.54 Å². The van der Waals surface area contributed by atoms with Gasteiger partial charge in [-0.15, -0.1) is 0 Å². The van der Waals surface area contributed by atoms with Crippen molar-refractivity contribution in [1.82, 2.24) is 4.98 Å². The maximum Gasteiger partial charge on any atom is 0.244 e. The lowest BCUT2D eigenvalue weighted by atomic mass is 10.0. The van der Waals surface area contributed by atoms with E-state index >= 15 is 0 Å². The Hall–Kier alpha value is -1.42. The molecule has 0 aliphatic carbocycles. The van der Waals surface area contributed by atoms with Crippen molar-refractivity contribution >= 4 is 11.6 Å². The van der Waals surface area contributed by atoms with Gasteiger partial charge in [0.2, 0.25) is 5.91 Å². The minimum atomic E-state index is -0.451. The molecule has 0 unspecified atom stereocenters. The van der Waals surface area contributed by atoms with E-state index in [2.05, 4.69) is 4.98 Å². The highest BCUT2D eigenvalue weighted by Gasteiger charge is 2.23. The summed E-state index contributed by atoms with van der Waals surface area (Å²) < 4.78 is 0. The van der Waals surface area contributed by atoms with Crippen molar-refractivity contribution in [3.8, 4) is 0 Å². The highest BCUT2D eigenvalue weighted by molar-refractivity contribution is 5.97. The molecule has 0 radical (unpaired) electrons. The number of carbonyl (C=O) groups excluding carboxylic acids is 1. The summed E-state index contributed by atoms with van der Waals surface area (Å²) in [6.07, 6.45) is 3.35. The highest BCUT2D eigenvalue weighted by Crippen LogP contribution is 2.14. The standard InChI is InChI=1S/C12H19N3O/c1-4-15(10-5-7-14-8-6-10)12(16)11(13)9(2)3/h5-9,11H,4,13H2,1-3H3/t11-/m1/s1. The third-order valence-corrected chi connectivity index (χ3v) is 2.56. The maximum absolute atomic E-state index is 12.1. The van der Waals surface area contributed by atoms with Crippen LogP contribution in [0.4, 0.5) is 5.69 Å². The van der Waals surface area contributed by atoms with Gasteiger partial charge < -0.3 is 10.6 Å². The molecule has 0 aromatic carbocycles. The fourth-order valence-corrected chi connectivity index (χ4v) is 1.45. The number of aromatic nitrogens is 1. The molecule has 0 fully saturated rings. The number of pyridine rings is 1. The lowest BCUT2D eigenvalue weighted by Gasteiger charge is -2.25. The van der Waals surface area contributed by atoms with E-state index in [-0.39, 0.29) is 11.8 Å². The van der Waals surface area contributed by atoms with Crippen molar-refractivity contribution in [3.05, 3.63) is 24.5 Å². The second-order valence-corrected chi connectivity index (χ2v) is 4.06. The van der Waals surface area contributed by atoms with Gasteiger partial charge in [0.25, 0.3) is 0 Å². The quantitative estimate of drug-likeness (QED) is 0.836. The van der Waals surface area contributed by atoms with Gasteiger partial charge in [0, 0.05) is 24.6 Å². The molecule has 1 atom stereocenters. The highest BCUT2D eigenvalue weighted by atomic mass is 16.2. The molecule has 88 valence electrons. The fraction of sp³-hybridized carbons (Fsp3) is 0.500. The van der Waals surface area contributed by atoms with E-state index in [9.17, 15) is 4.79 Å². The zero-order chi connectivity index (χ0) is 12.1. The first kappa shape index (κ1) is 12.6. The van der Waals surface area contributed by atoms with Crippen molar-refractivity contribution in [2.45, 2.75) is 26.8 Å². The van der Waals surface area contributed by atoms with Crippen LogP contribution in [-0.4, -0.2) is 23.5 Å². The lowest BCUT2D eigenvalue weighted by molar-refractivity contribution is -0.120. The molecular formula is C12H19N3O. The molecule has 1 rings (SSSR count). The molecule has 1 aromatic rings. The van der Waals surface area contributed by atoms with Crippen molar-refractivity contribution in [2.24, 2.45) is 11.7 Å². The van der Waals surface area contributed by atoms with Gasteiger partial charge in [-0.1, -0.05) is 13.8 Å². The molecule has 0 saturated heterocycles. The van der Waals surface area contributed by atoms with Gasteiger partial charge in [-0.25, -0.2) is 0 Å². The first-order valence-corrected chi connectivity index (χ1v) is 5.55. The minimum Gasteiger partial charge on any atom is -0.320 e. The van der Waals surface area contributed by atoms with E-state index < -0.39 is 6.04 Å². The second kappa shape index (κ2) is 5.61. The topological polar surface area (TPSA) is 59.2 Å². The summed E-state index contributed by atoms with van der Waals surface area (Å²) in [5.41, 5.74) is 6.71. The van der Waals surface area contributed by atoms with E-state index in [1.807, 2.05) is 32.9 Å². The van der Waals surface area contributed by atoms with Gasteiger partial charge in [0.15, 0.2) is 0 Å². The minimum absolute atomic E-state index is 0.0382. The predicted molar refractivity (Wildman–Crippen MR) is 65.1 cm³/mol. The number of nitrogens with two attached hydrogens (primary N) is 1. The van der Waals surface area contributed by atoms with Crippen LogP contribution < -0.4 is 10.6 Å². The van der Waals surface area contributed by atoms with E-state index in [0.717, 1.165) is 5.69 Å². The van der Waals surface area contributed by atoms with Crippen molar-refractivity contribution in [2.75, 3.05) is 11.4 Å². The van der Waals surface area contributed by atoms with E-state index in [1.54, 1.807) is 17.3 Å². The molecule has 0 spiro atoms. The zero-order valence-electron chi connectivity index (χ0n) is 10.1. The number of likely N-dealkylation sites (N-methyl/N-ethyl adjacent to an activating group) is 1. The summed E-state index contributed by atoms with van der Waals surface area (Å²) in [5.74, 6) is 0.104. The van der Waals surface area contributed by atoms with Crippen molar-refractivity contribution < 1.29 is 4.79 Å². The van der Waals surface area contributed by atoms with E-state index in [4.69, 9.17) is 5.73 Å². The lowest BCUT2D eigenvalue weighted by Crippen LogP contribution is -2.46. The average Bonchev–Trinajstić information content (AvgIpc) is 2.30. The smallest absolute Gasteiger partial charge is 0.244 e. The molecular weight excluding hydrogens is 202 g/mol. The Labute approximate surface area is 96.5 Å². The van der Waals surface area contributed by atoms with Crippen LogP contribution in [0.15, 0.2) is 24.5 Å². The molecule has 1 heterocycles. The average molecular weight is 221 g/mol. The Morgan fingerprint density at radius 2 is 2.00 bits per heavy atom. The van der Waals surface area contributed by atoms with Gasteiger partial charge in [-0.2, -0.15) is 0 Å². The van der Waals surface area contributed by atoms with Crippen LogP contribution in [-0.2, 0) is 4.79 Å². The van der Waals surface area contributed by atoms with Crippen LogP contribution in [0.1, 0.15) is 20.8 Å². The maximum atomic E-state index is 12.1.